The molecule has 0 saturated carbocycles. The van der Waals surface area contributed by atoms with Crippen LogP contribution in [0, 0.1) is 20.2 Å². The minimum atomic E-state index is -0.824. The lowest BCUT2D eigenvalue weighted by atomic mass is 10.2. The van der Waals surface area contributed by atoms with E-state index < -0.39 is 15.5 Å². The second kappa shape index (κ2) is 3.05. The number of non-ortho nitro benzene ring substituents is 1. The van der Waals surface area contributed by atoms with E-state index in [0.717, 1.165) is 18.2 Å². The molecule has 7 nitrogen and oxygen atoms in total. The fourth-order valence-corrected chi connectivity index (χ4v) is 0.785. The molecule has 0 unspecified atom stereocenters. The number of nitrogens with one attached hydrogen (secondary N) is 1. The van der Waals surface area contributed by atoms with Crippen molar-refractivity contribution in [1.29, 1.82) is 0 Å². The SMILES string of the molecule is [NH-]c1ccc([N+](=O)[O-])cc1[N+](=O)[O-]. The highest BCUT2D eigenvalue weighted by atomic mass is 16.6. The summed E-state index contributed by atoms with van der Waals surface area (Å²) in [5.41, 5.74) is 5.79. The lowest BCUT2D eigenvalue weighted by molar-refractivity contribution is -0.393. The fraction of sp³-hybridized carbons (Fsp3) is 0. The van der Waals surface area contributed by atoms with Crippen LogP contribution in [0.25, 0.3) is 5.73 Å². The molecule has 0 fully saturated rings. The Hall–Kier alpha value is -2.18. The van der Waals surface area contributed by atoms with Gasteiger partial charge in [-0.1, -0.05) is 11.8 Å². The van der Waals surface area contributed by atoms with Crippen LogP contribution in [0.3, 0.4) is 0 Å². The fourth-order valence-electron chi connectivity index (χ4n) is 0.785. The molecule has 0 radical (unpaired) electrons. The maximum Gasteiger partial charge on any atom is 0.276 e. The van der Waals surface area contributed by atoms with Crippen molar-refractivity contribution in [1.82, 2.24) is 0 Å². The van der Waals surface area contributed by atoms with Crippen molar-refractivity contribution in [3.8, 4) is 0 Å². The molecule has 1 aromatic carbocycles. The van der Waals surface area contributed by atoms with Crippen molar-refractivity contribution < 1.29 is 9.85 Å². The van der Waals surface area contributed by atoms with Gasteiger partial charge in [-0.25, -0.2) is 0 Å². The first-order chi connectivity index (χ1) is 6.02. The lowest BCUT2D eigenvalue weighted by Gasteiger charge is -2.02. The topological polar surface area (TPSA) is 110 Å². The van der Waals surface area contributed by atoms with Crippen LogP contribution < -0.4 is 0 Å². The van der Waals surface area contributed by atoms with Crippen LogP contribution in [0.4, 0.5) is 17.1 Å². The molecule has 0 aromatic heterocycles. The molecular formula is C6H4N3O4-. The van der Waals surface area contributed by atoms with E-state index in [1.54, 1.807) is 0 Å². The molecule has 0 bridgehead atoms. The molecule has 0 atom stereocenters. The van der Waals surface area contributed by atoms with Gasteiger partial charge >= 0.3 is 0 Å². The Morgan fingerprint density at radius 2 is 1.77 bits per heavy atom. The molecule has 68 valence electrons. The van der Waals surface area contributed by atoms with E-state index >= 15 is 0 Å². The number of nitrogens with zero attached hydrogens (tertiary/aromatic N) is 2. The first kappa shape index (κ1) is 8.91. The number of rotatable bonds is 2. The molecule has 13 heavy (non-hydrogen) atoms. The lowest BCUT2D eigenvalue weighted by Crippen LogP contribution is -1.91. The molecule has 0 heterocycles. The van der Waals surface area contributed by atoms with Gasteiger partial charge in [0.05, 0.1) is 15.9 Å². The smallest absolute Gasteiger partial charge is 0.276 e. The highest BCUT2D eigenvalue weighted by molar-refractivity contribution is 5.64. The maximum atomic E-state index is 10.3. The number of nitro groups is 2. The Morgan fingerprint density at radius 1 is 1.15 bits per heavy atom. The van der Waals surface area contributed by atoms with Gasteiger partial charge in [0.1, 0.15) is 0 Å². The number of hydrogen-bond acceptors (Lipinski definition) is 4. The molecule has 0 saturated heterocycles. The molecule has 0 aliphatic carbocycles. The van der Waals surface area contributed by atoms with Crippen molar-refractivity contribution in [2.24, 2.45) is 0 Å². The molecule has 0 amide bonds. The molecule has 1 aromatic rings. The van der Waals surface area contributed by atoms with E-state index in [1.807, 2.05) is 0 Å². The van der Waals surface area contributed by atoms with Crippen LogP contribution in [0.1, 0.15) is 0 Å². The monoisotopic (exact) mass is 182 g/mol. The van der Waals surface area contributed by atoms with Crippen LogP contribution in [0.5, 0.6) is 0 Å². The predicted octanol–water partition coefficient (Wildman–Crippen LogP) is 2.19. The van der Waals surface area contributed by atoms with Crippen molar-refractivity contribution >= 4 is 17.1 Å². The molecule has 1 N–H and O–H groups in total. The van der Waals surface area contributed by atoms with Gasteiger partial charge in [-0.05, 0) is 0 Å². The Kier molecular flexibility index (Phi) is 2.09. The summed E-state index contributed by atoms with van der Waals surface area (Å²) < 4.78 is 0. The zero-order chi connectivity index (χ0) is 10.0. The van der Waals surface area contributed by atoms with Gasteiger partial charge in [-0.3, -0.25) is 20.2 Å². The van der Waals surface area contributed by atoms with Crippen LogP contribution in [0.15, 0.2) is 18.2 Å². The first-order valence-corrected chi connectivity index (χ1v) is 3.17. The Labute approximate surface area is 72.1 Å². The Bertz CT molecular complexity index is 376. The molecule has 1 rings (SSSR count). The van der Waals surface area contributed by atoms with Gasteiger partial charge in [-0.2, -0.15) is 0 Å². The van der Waals surface area contributed by atoms with Crippen molar-refractivity contribution in [3.63, 3.8) is 0 Å². The third kappa shape index (κ3) is 1.70. The van der Waals surface area contributed by atoms with Crippen molar-refractivity contribution in [3.05, 3.63) is 44.2 Å². The highest BCUT2D eigenvalue weighted by Gasteiger charge is 2.13. The van der Waals surface area contributed by atoms with Crippen LogP contribution >= 0.6 is 0 Å². The average molecular weight is 182 g/mol. The molecule has 7 heteroatoms. The largest absolute Gasteiger partial charge is 0.693 e. The first-order valence-electron chi connectivity index (χ1n) is 3.17. The minimum absolute atomic E-state index is 0.337. The predicted molar refractivity (Wildman–Crippen MR) is 43.7 cm³/mol. The minimum Gasteiger partial charge on any atom is -0.693 e. The number of hydrogen-bond donors (Lipinski definition) is 0. The summed E-state index contributed by atoms with van der Waals surface area (Å²) in [5.74, 6) is 0. The van der Waals surface area contributed by atoms with Gasteiger partial charge < -0.3 is 5.73 Å². The summed E-state index contributed by atoms with van der Waals surface area (Å²) in [6, 6.07) is 2.84. The normalized spacial score (nSPS) is 9.54. The molecular weight excluding hydrogens is 178 g/mol. The van der Waals surface area contributed by atoms with E-state index in [-0.39, 0.29) is 11.4 Å². The zero-order valence-corrected chi connectivity index (χ0v) is 6.26. The third-order valence-corrected chi connectivity index (χ3v) is 1.39. The molecule has 0 spiro atoms. The van der Waals surface area contributed by atoms with E-state index in [4.69, 9.17) is 5.73 Å². The van der Waals surface area contributed by atoms with Crippen molar-refractivity contribution in [2.75, 3.05) is 0 Å². The maximum absolute atomic E-state index is 10.3. The summed E-state index contributed by atoms with van der Waals surface area (Å²) >= 11 is 0. The standard InChI is InChI=1S/C6H4N3O4/c7-5-2-1-4(8(10)11)3-6(5)9(12)13/h1-3,7H/q-1. The summed E-state index contributed by atoms with van der Waals surface area (Å²) in [6.07, 6.45) is 0. The van der Waals surface area contributed by atoms with Gasteiger partial charge in [0.25, 0.3) is 11.4 Å². The number of nitro benzene ring substituents is 2. The molecule has 0 aliphatic rings. The van der Waals surface area contributed by atoms with Crippen molar-refractivity contribution in [2.45, 2.75) is 0 Å². The summed E-state index contributed by atoms with van der Waals surface area (Å²) in [6.45, 7) is 0. The summed E-state index contributed by atoms with van der Waals surface area (Å²) in [7, 11) is 0. The average Bonchev–Trinajstić information content (AvgIpc) is 2.04. The van der Waals surface area contributed by atoms with Crippen LogP contribution in [-0.4, -0.2) is 9.85 Å². The molecule has 0 aliphatic heterocycles. The van der Waals surface area contributed by atoms with Gasteiger partial charge in [0.15, 0.2) is 0 Å². The van der Waals surface area contributed by atoms with E-state index in [1.165, 1.54) is 0 Å². The quantitative estimate of drug-likeness (QED) is 0.515. The number of benzene rings is 1. The van der Waals surface area contributed by atoms with Crippen LogP contribution in [0.2, 0.25) is 0 Å². The summed E-state index contributed by atoms with van der Waals surface area (Å²) in [4.78, 5) is 18.9. The van der Waals surface area contributed by atoms with Gasteiger partial charge in [0.2, 0.25) is 0 Å². The second-order valence-corrected chi connectivity index (χ2v) is 2.22. The second-order valence-electron chi connectivity index (χ2n) is 2.22. The van der Waals surface area contributed by atoms with E-state index in [9.17, 15) is 20.2 Å². The van der Waals surface area contributed by atoms with E-state index in [2.05, 4.69) is 0 Å². The van der Waals surface area contributed by atoms with Gasteiger partial charge in [0, 0.05) is 6.07 Å². The highest BCUT2D eigenvalue weighted by Crippen LogP contribution is 2.29. The Balaban J connectivity index is 3.27. The van der Waals surface area contributed by atoms with Crippen LogP contribution in [-0.2, 0) is 0 Å². The Morgan fingerprint density at radius 3 is 2.23 bits per heavy atom. The third-order valence-electron chi connectivity index (χ3n) is 1.39. The van der Waals surface area contributed by atoms with E-state index in [0.29, 0.717) is 0 Å². The zero-order valence-electron chi connectivity index (χ0n) is 6.26. The summed E-state index contributed by atoms with van der Waals surface area (Å²) in [5, 5.41) is 20.5. The van der Waals surface area contributed by atoms with Gasteiger partial charge in [-0.15, -0.1) is 0 Å².